The van der Waals surface area contributed by atoms with Crippen molar-refractivity contribution < 1.29 is 14.8 Å². The lowest BCUT2D eigenvalue weighted by atomic mass is 9.94. The van der Waals surface area contributed by atoms with Crippen LogP contribution in [0.5, 0.6) is 0 Å². The quantitative estimate of drug-likeness (QED) is 0.110. The Bertz CT molecular complexity index is 1110. The van der Waals surface area contributed by atoms with Gasteiger partial charge in [-0.2, -0.15) is 0 Å². The highest BCUT2D eigenvalue weighted by molar-refractivity contribution is 7.80. The lowest BCUT2D eigenvalue weighted by Gasteiger charge is -2.24. The molecule has 2 atom stereocenters. The normalized spacial score (nSPS) is 12.2. The van der Waals surface area contributed by atoms with E-state index >= 15 is 0 Å². The summed E-state index contributed by atoms with van der Waals surface area (Å²) in [7, 11) is 0. The second-order valence-electron chi connectivity index (χ2n) is 9.09. The molecule has 194 valence electrons. The summed E-state index contributed by atoms with van der Waals surface area (Å²) in [6, 6.07) is 29.6. The van der Waals surface area contributed by atoms with E-state index in [9.17, 15) is 9.59 Å². The Morgan fingerprint density at radius 1 is 0.784 bits per heavy atom. The Labute approximate surface area is 224 Å². The van der Waals surface area contributed by atoms with E-state index in [1.54, 1.807) is 5.48 Å². The third-order valence-corrected chi connectivity index (χ3v) is 6.68. The van der Waals surface area contributed by atoms with Crippen molar-refractivity contribution in [3.8, 4) is 0 Å². The fourth-order valence-electron chi connectivity index (χ4n) is 4.20. The first-order valence-electron chi connectivity index (χ1n) is 12.7. The average Bonchev–Trinajstić information content (AvgIpc) is 2.94. The molecule has 0 heterocycles. The number of carbonyl (C=O) groups is 2. The number of thiocarbonyl (C=S) groups is 1. The lowest BCUT2D eigenvalue weighted by molar-refractivity contribution is -0.135. The zero-order valence-electron chi connectivity index (χ0n) is 20.9. The van der Waals surface area contributed by atoms with Crippen molar-refractivity contribution in [3.63, 3.8) is 0 Å². The highest BCUT2D eigenvalue weighted by Gasteiger charge is 2.26. The molecule has 0 aromatic heterocycles. The molecule has 3 aromatic rings. The molecule has 0 spiro atoms. The van der Waals surface area contributed by atoms with E-state index in [1.165, 1.54) is 5.56 Å². The van der Waals surface area contributed by atoms with E-state index < -0.39 is 17.9 Å². The van der Waals surface area contributed by atoms with Gasteiger partial charge in [0.25, 0.3) is 0 Å². The minimum Gasteiger partial charge on any atom is -0.378 e. The fraction of sp³-hybridized carbons (Fsp3) is 0.300. The lowest BCUT2D eigenvalue weighted by Crippen LogP contribution is -2.49. The summed E-state index contributed by atoms with van der Waals surface area (Å²) in [5.41, 5.74) is 5.06. The molecule has 0 radical (unpaired) electrons. The Hall–Kier alpha value is -3.55. The van der Waals surface area contributed by atoms with Crippen LogP contribution < -0.4 is 16.1 Å². The summed E-state index contributed by atoms with van der Waals surface area (Å²) in [6.45, 7) is 0.694. The second kappa shape index (κ2) is 15.5. The van der Waals surface area contributed by atoms with Crippen LogP contribution in [0.25, 0.3) is 0 Å². The molecular weight excluding hydrogens is 482 g/mol. The Balaban J connectivity index is 1.64. The van der Waals surface area contributed by atoms with E-state index in [2.05, 4.69) is 22.8 Å². The van der Waals surface area contributed by atoms with Gasteiger partial charge in [-0.05, 0) is 48.8 Å². The van der Waals surface area contributed by atoms with Gasteiger partial charge in [0.15, 0.2) is 0 Å². The SMILES string of the molecule is O=C(CC(CCc1ccccc1)C(=O)NC(Cc1ccccc1)C(=S)NCCCc1ccccc1)NO. The molecule has 37 heavy (non-hydrogen) atoms. The third kappa shape index (κ3) is 10.1. The summed E-state index contributed by atoms with van der Waals surface area (Å²) in [4.78, 5) is 25.9. The first-order valence-corrected chi connectivity index (χ1v) is 13.1. The second-order valence-corrected chi connectivity index (χ2v) is 9.53. The monoisotopic (exact) mass is 517 g/mol. The first kappa shape index (κ1) is 28.0. The minimum atomic E-state index is -0.605. The molecule has 2 amide bonds. The number of hydroxylamine groups is 1. The van der Waals surface area contributed by atoms with Gasteiger partial charge in [0.05, 0.1) is 11.0 Å². The molecule has 0 aliphatic heterocycles. The molecule has 7 heteroatoms. The van der Waals surface area contributed by atoms with E-state index in [0.29, 0.717) is 30.8 Å². The summed E-state index contributed by atoms with van der Waals surface area (Å²) >= 11 is 5.72. The molecule has 0 aliphatic carbocycles. The molecule has 0 saturated carbocycles. The number of rotatable bonds is 14. The maximum Gasteiger partial charge on any atom is 0.244 e. The Kier molecular flexibility index (Phi) is 11.8. The number of hydrogen-bond donors (Lipinski definition) is 4. The van der Waals surface area contributed by atoms with Crippen LogP contribution in [0.4, 0.5) is 0 Å². The van der Waals surface area contributed by atoms with Crippen LogP contribution in [-0.4, -0.2) is 34.6 Å². The number of amides is 2. The number of carbonyl (C=O) groups excluding carboxylic acids is 2. The highest BCUT2D eigenvalue weighted by Crippen LogP contribution is 2.15. The Morgan fingerprint density at radius 2 is 1.32 bits per heavy atom. The van der Waals surface area contributed by atoms with Crippen LogP contribution in [-0.2, 0) is 28.9 Å². The van der Waals surface area contributed by atoms with Gasteiger partial charge in [0, 0.05) is 18.9 Å². The van der Waals surface area contributed by atoms with E-state index in [4.69, 9.17) is 17.4 Å². The smallest absolute Gasteiger partial charge is 0.244 e. The van der Waals surface area contributed by atoms with Gasteiger partial charge >= 0.3 is 0 Å². The number of benzene rings is 3. The van der Waals surface area contributed by atoms with Gasteiger partial charge in [-0.25, -0.2) is 5.48 Å². The number of hydrogen-bond acceptors (Lipinski definition) is 4. The van der Waals surface area contributed by atoms with Crippen molar-refractivity contribution >= 4 is 29.0 Å². The van der Waals surface area contributed by atoms with Gasteiger partial charge in [0.1, 0.15) is 0 Å². The van der Waals surface area contributed by atoms with Crippen molar-refractivity contribution in [3.05, 3.63) is 108 Å². The topological polar surface area (TPSA) is 90.5 Å². The van der Waals surface area contributed by atoms with Gasteiger partial charge in [-0.1, -0.05) is 103 Å². The standard InChI is InChI=1S/C30H35N3O3S/c34-28(33-36)22-26(19-18-24-13-6-2-7-14-24)29(35)32-27(21-25-15-8-3-9-16-25)30(37)31-20-10-17-23-11-4-1-5-12-23/h1-9,11-16,26-27,36H,10,17-22H2,(H,31,37)(H,32,35)(H,33,34). The van der Waals surface area contributed by atoms with Crippen LogP contribution in [0.1, 0.15) is 36.0 Å². The Morgan fingerprint density at radius 3 is 1.89 bits per heavy atom. The van der Waals surface area contributed by atoms with Crippen molar-refractivity contribution in [1.82, 2.24) is 16.1 Å². The van der Waals surface area contributed by atoms with Crippen LogP contribution in [0.3, 0.4) is 0 Å². The first-order chi connectivity index (χ1) is 18.0. The molecule has 0 aliphatic rings. The van der Waals surface area contributed by atoms with Gasteiger partial charge in [0.2, 0.25) is 11.8 Å². The maximum absolute atomic E-state index is 13.4. The predicted molar refractivity (Wildman–Crippen MR) is 150 cm³/mol. The third-order valence-electron chi connectivity index (χ3n) is 6.25. The van der Waals surface area contributed by atoms with Crippen molar-refractivity contribution in [2.75, 3.05) is 6.54 Å². The molecule has 2 unspecified atom stereocenters. The van der Waals surface area contributed by atoms with E-state index in [0.717, 1.165) is 24.0 Å². The molecule has 0 bridgehead atoms. The van der Waals surface area contributed by atoms with Crippen LogP contribution in [0.15, 0.2) is 91.0 Å². The molecule has 4 N–H and O–H groups in total. The van der Waals surface area contributed by atoms with Crippen molar-refractivity contribution in [2.45, 2.75) is 44.6 Å². The molecule has 3 aromatic carbocycles. The maximum atomic E-state index is 13.4. The van der Waals surface area contributed by atoms with Crippen LogP contribution >= 0.6 is 12.2 Å². The van der Waals surface area contributed by atoms with Crippen molar-refractivity contribution in [2.24, 2.45) is 5.92 Å². The van der Waals surface area contributed by atoms with Gasteiger partial charge < -0.3 is 10.6 Å². The summed E-state index contributed by atoms with van der Waals surface area (Å²) in [5.74, 6) is -1.45. The highest BCUT2D eigenvalue weighted by atomic mass is 32.1. The minimum absolute atomic E-state index is 0.107. The summed E-state index contributed by atoms with van der Waals surface area (Å²) in [5, 5.41) is 15.5. The molecule has 6 nitrogen and oxygen atoms in total. The summed E-state index contributed by atoms with van der Waals surface area (Å²) < 4.78 is 0. The number of aryl methyl sites for hydroxylation is 2. The fourth-order valence-corrected chi connectivity index (χ4v) is 4.45. The largest absolute Gasteiger partial charge is 0.378 e. The van der Waals surface area contributed by atoms with Crippen molar-refractivity contribution in [1.29, 1.82) is 0 Å². The average molecular weight is 518 g/mol. The predicted octanol–water partition coefficient (Wildman–Crippen LogP) is 4.41. The molecule has 0 saturated heterocycles. The van der Waals surface area contributed by atoms with E-state index in [-0.39, 0.29) is 12.3 Å². The zero-order chi connectivity index (χ0) is 26.3. The van der Waals surface area contributed by atoms with Gasteiger partial charge in [-0.3, -0.25) is 14.8 Å². The van der Waals surface area contributed by atoms with Gasteiger partial charge in [-0.15, -0.1) is 0 Å². The molecule has 0 fully saturated rings. The molecule has 3 rings (SSSR count). The van der Waals surface area contributed by atoms with Crippen LogP contribution in [0.2, 0.25) is 0 Å². The molecular formula is C30H35N3O3S. The zero-order valence-corrected chi connectivity index (χ0v) is 21.8. The number of nitrogens with one attached hydrogen (secondary N) is 3. The van der Waals surface area contributed by atoms with E-state index in [1.807, 2.05) is 78.9 Å². The summed E-state index contributed by atoms with van der Waals surface area (Å²) in [6.07, 6.45) is 3.39. The van der Waals surface area contributed by atoms with Crippen LogP contribution in [0, 0.1) is 5.92 Å².